The van der Waals surface area contributed by atoms with E-state index in [1.165, 1.54) is 24.8 Å². The van der Waals surface area contributed by atoms with Crippen molar-refractivity contribution in [2.75, 3.05) is 49.2 Å². The van der Waals surface area contributed by atoms with E-state index in [9.17, 15) is 0 Å². The van der Waals surface area contributed by atoms with Crippen LogP contribution in [0.4, 0.5) is 11.8 Å². The molecule has 2 aliphatic heterocycles. The van der Waals surface area contributed by atoms with Gasteiger partial charge < -0.3 is 14.5 Å². The van der Waals surface area contributed by atoms with E-state index in [0.717, 1.165) is 62.8 Å². The fraction of sp³-hybridized carbons (Fsp3) is 0.524. The molecule has 0 spiro atoms. The number of piperidine rings is 1. The number of ether oxygens (including phenoxy) is 1. The lowest BCUT2D eigenvalue weighted by molar-refractivity contribution is 0.122. The van der Waals surface area contributed by atoms with Gasteiger partial charge in [0.05, 0.1) is 13.2 Å². The molecule has 2 saturated heterocycles. The summed E-state index contributed by atoms with van der Waals surface area (Å²) in [6, 6.07) is 13.0. The summed E-state index contributed by atoms with van der Waals surface area (Å²) in [5.74, 6) is 2.71. The molecule has 0 bridgehead atoms. The molecule has 4 rings (SSSR count). The molecule has 0 radical (unpaired) electrons. The van der Waals surface area contributed by atoms with Crippen molar-refractivity contribution in [1.82, 2.24) is 9.97 Å². The van der Waals surface area contributed by atoms with Gasteiger partial charge in [-0.3, -0.25) is 0 Å². The highest BCUT2D eigenvalue weighted by atomic mass is 16.5. The predicted molar refractivity (Wildman–Crippen MR) is 105 cm³/mol. The Morgan fingerprint density at radius 3 is 2.42 bits per heavy atom. The highest BCUT2D eigenvalue weighted by Crippen LogP contribution is 2.26. The maximum atomic E-state index is 5.45. The van der Waals surface area contributed by atoms with Crippen molar-refractivity contribution < 1.29 is 4.74 Å². The first kappa shape index (κ1) is 17.3. The van der Waals surface area contributed by atoms with E-state index in [1.807, 2.05) is 0 Å². The van der Waals surface area contributed by atoms with Crippen LogP contribution in [-0.4, -0.2) is 49.4 Å². The van der Waals surface area contributed by atoms with Gasteiger partial charge in [-0.2, -0.15) is 4.98 Å². The first-order chi connectivity index (χ1) is 12.8. The molecule has 0 N–H and O–H groups in total. The van der Waals surface area contributed by atoms with Gasteiger partial charge in [-0.05, 0) is 37.7 Å². The number of nitrogens with zero attached hydrogens (tertiary/aromatic N) is 4. The van der Waals surface area contributed by atoms with E-state index in [2.05, 4.69) is 58.1 Å². The van der Waals surface area contributed by atoms with Crippen LogP contribution in [0.1, 0.15) is 24.1 Å². The third-order valence-electron chi connectivity index (χ3n) is 5.43. The maximum Gasteiger partial charge on any atom is 0.227 e. The van der Waals surface area contributed by atoms with Crippen LogP contribution in [0.15, 0.2) is 36.4 Å². The molecule has 5 heteroatoms. The zero-order valence-corrected chi connectivity index (χ0v) is 15.6. The van der Waals surface area contributed by atoms with Gasteiger partial charge >= 0.3 is 0 Å². The molecule has 1 aromatic carbocycles. The van der Waals surface area contributed by atoms with Crippen LogP contribution in [0.2, 0.25) is 0 Å². The highest BCUT2D eigenvalue weighted by Gasteiger charge is 2.22. The molecule has 138 valence electrons. The number of hydrogen-bond acceptors (Lipinski definition) is 5. The lowest BCUT2D eigenvalue weighted by Crippen LogP contribution is -2.38. The van der Waals surface area contributed by atoms with Crippen LogP contribution in [0.25, 0.3) is 0 Å². The molecule has 26 heavy (non-hydrogen) atoms. The van der Waals surface area contributed by atoms with Gasteiger partial charge in [0.25, 0.3) is 0 Å². The standard InChI is InChI=1S/C21H28N4O/c1-17-15-20(23-21(22-17)25-11-13-26-14-12-25)24-9-7-19(8-10-24)16-18-5-3-2-4-6-18/h2-6,15,19H,7-14,16H2,1H3. The SMILES string of the molecule is Cc1cc(N2CCC(Cc3ccccc3)CC2)nc(N2CCOCC2)n1. The molecule has 0 atom stereocenters. The number of benzene rings is 1. The molecule has 1 aromatic heterocycles. The van der Waals surface area contributed by atoms with Gasteiger partial charge in [0.2, 0.25) is 5.95 Å². The molecule has 0 saturated carbocycles. The second-order valence-corrected chi connectivity index (χ2v) is 7.39. The minimum absolute atomic E-state index is 0.761. The number of morpholine rings is 1. The van der Waals surface area contributed by atoms with Crippen molar-refractivity contribution in [3.8, 4) is 0 Å². The number of hydrogen-bond donors (Lipinski definition) is 0. The van der Waals surface area contributed by atoms with Crippen LogP contribution >= 0.6 is 0 Å². The van der Waals surface area contributed by atoms with E-state index in [0.29, 0.717) is 0 Å². The van der Waals surface area contributed by atoms with Crippen molar-refractivity contribution in [2.24, 2.45) is 5.92 Å². The number of aromatic nitrogens is 2. The monoisotopic (exact) mass is 352 g/mol. The van der Waals surface area contributed by atoms with Crippen molar-refractivity contribution in [3.63, 3.8) is 0 Å². The molecule has 3 heterocycles. The topological polar surface area (TPSA) is 41.5 Å². The third-order valence-corrected chi connectivity index (χ3v) is 5.43. The zero-order chi connectivity index (χ0) is 17.8. The summed E-state index contributed by atoms with van der Waals surface area (Å²) in [7, 11) is 0. The van der Waals surface area contributed by atoms with Crippen LogP contribution in [0, 0.1) is 12.8 Å². The quantitative estimate of drug-likeness (QED) is 0.846. The Kier molecular flexibility index (Phi) is 5.34. The second kappa shape index (κ2) is 8.04. The largest absolute Gasteiger partial charge is 0.378 e. The lowest BCUT2D eigenvalue weighted by atomic mass is 9.90. The Labute approximate surface area is 156 Å². The van der Waals surface area contributed by atoms with Crippen molar-refractivity contribution in [1.29, 1.82) is 0 Å². The number of rotatable bonds is 4. The Morgan fingerprint density at radius 1 is 0.962 bits per heavy atom. The Bertz CT molecular complexity index is 707. The van der Waals surface area contributed by atoms with Gasteiger partial charge in [0.15, 0.2) is 0 Å². The summed E-state index contributed by atoms with van der Waals surface area (Å²) in [6.45, 7) is 7.50. The predicted octanol–water partition coefficient (Wildman–Crippen LogP) is 3.08. The summed E-state index contributed by atoms with van der Waals surface area (Å²) in [6.07, 6.45) is 3.65. The maximum absolute atomic E-state index is 5.45. The average molecular weight is 352 g/mol. The molecule has 2 aliphatic rings. The molecule has 0 aliphatic carbocycles. The lowest BCUT2D eigenvalue weighted by Gasteiger charge is -2.34. The molecule has 0 unspecified atom stereocenters. The minimum Gasteiger partial charge on any atom is -0.378 e. The van der Waals surface area contributed by atoms with Crippen molar-refractivity contribution >= 4 is 11.8 Å². The smallest absolute Gasteiger partial charge is 0.227 e. The van der Waals surface area contributed by atoms with Gasteiger partial charge in [0, 0.05) is 37.9 Å². The average Bonchev–Trinajstić information content (AvgIpc) is 2.70. The van der Waals surface area contributed by atoms with E-state index in [-0.39, 0.29) is 0 Å². The normalized spacial score (nSPS) is 19.0. The van der Waals surface area contributed by atoms with Crippen molar-refractivity contribution in [3.05, 3.63) is 47.7 Å². The van der Waals surface area contributed by atoms with E-state index in [1.54, 1.807) is 0 Å². The minimum atomic E-state index is 0.761. The molecular weight excluding hydrogens is 324 g/mol. The van der Waals surface area contributed by atoms with Gasteiger partial charge in [-0.1, -0.05) is 30.3 Å². The first-order valence-electron chi connectivity index (χ1n) is 9.75. The molecule has 0 amide bonds. The van der Waals surface area contributed by atoms with Crippen LogP contribution in [-0.2, 0) is 11.2 Å². The zero-order valence-electron chi connectivity index (χ0n) is 15.6. The summed E-state index contributed by atoms with van der Waals surface area (Å²) in [4.78, 5) is 14.2. The van der Waals surface area contributed by atoms with E-state index >= 15 is 0 Å². The van der Waals surface area contributed by atoms with Gasteiger partial charge in [-0.15, -0.1) is 0 Å². The Morgan fingerprint density at radius 2 is 1.69 bits per heavy atom. The summed E-state index contributed by atoms with van der Waals surface area (Å²) in [5, 5.41) is 0. The highest BCUT2D eigenvalue weighted by molar-refractivity contribution is 5.46. The summed E-state index contributed by atoms with van der Waals surface area (Å²) >= 11 is 0. The van der Waals surface area contributed by atoms with E-state index < -0.39 is 0 Å². The van der Waals surface area contributed by atoms with Gasteiger partial charge in [-0.25, -0.2) is 4.98 Å². The third kappa shape index (κ3) is 4.15. The fourth-order valence-electron chi connectivity index (χ4n) is 3.92. The number of aryl methyl sites for hydroxylation is 1. The molecule has 2 aromatic rings. The fourth-order valence-corrected chi connectivity index (χ4v) is 3.92. The molecular formula is C21H28N4O. The molecule has 2 fully saturated rings. The Balaban J connectivity index is 1.40. The summed E-state index contributed by atoms with van der Waals surface area (Å²) in [5.41, 5.74) is 2.50. The Hall–Kier alpha value is -2.14. The van der Waals surface area contributed by atoms with Crippen molar-refractivity contribution in [2.45, 2.75) is 26.2 Å². The second-order valence-electron chi connectivity index (χ2n) is 7.39. The van der Waals surface area contributed by atoms with Crippen LogP contribution in [0.5, 0.6) is 0 Å². The molecule has 5 nitrogen and oxygen atoms in total. The number of anilines is 2. The van der Waals surface area contributed by atoms with Crippen LogP contribution < -0.4 is 9.80 Å². The van der Waals surface area contributed by atoms with Gasteiger partial charge in [0.1, 0.15) is 5.82 Å². The first-order valence-corrected chi connectivity index (χ1v) is 9.75. The van der Waals surface area contributed by atoms with E-state index in [4.69, 9.17) is 9.72 Å². The summed E-state index contributed by atoms with van der Waals surface area (Å²) < 4.78 is 5.45. The van der Waals surface area contributed by atoms with Crippen LogP contribution in [0.3, 0.4) is 0 Å².